The second kappa shape index (κ2) is 4.31. The maximum atomic E-state index is 13.3. The van der Waals surface area contributed by atoms with Gasteiger partial charge in [-0.3, -0.25) is 0 Å². The van der Waals surface area contributed by atoms with Crippen molar-refractivity contribution in [1.82, 2.24) is 0 Å². The molecule has 0 saturated carbocycles. The monoisotopic (exact) mass is 267 g/mol. The van der Waals surface area contributed by atoms with Crippen LogP contribution in [0.25, 0.3) is 0 Å². The van der Waals surface area contributed by atoms with Gasteiger partial charge >= 0.3 is 5.79 Å². The molecule has 2 atom stereocenters. The first-order valence-corrected chi connectivity index (χ1v) is 5.70. The Morgan fingerprint density at radius 3 is 2.74 bits per heavy atom. The van der Waals surface area contributed by atoms with Gasteiger partial charge in [-0.25, -0.2) is 8.78 Å². The van der Waals surface area contributed by atoms with Gasteiger partial charge in [0.05, 0.1) is 6.26 Å². The van der Waals surface area contributed by atoms with E-state index in [4.69, 9.17) is 14.3 Å². The lowest BCUT2D eigenvalue weighted by Crippen LogP contribution is -2.41. The van der Waals surface area contributed by atoms with Crippen molar-refractivity contribution in [3.63, 3.8) is 0 Å². The highest BCUT2D eigenvalue weighted by atomic mass is 19.1. The first kappa shape index (κ1) is 12.1. The van der Waals surface area contributed by atoms with Crippen molar-refractivity contribution in [2.75, 3.05) is 13.7 Å². The zero-order valence-corrected chi connectivity index (χ0v) is 10.1. The number of rotatable bonds is 3. The average Bonchev–Trinajstić information content (AvgIpc) is 2.86. The quantitative estimate of drug-likeness (QED) is 0.843. The molecule has 2 heterocycles. The van der Waals surface area contributed by atoms with Gasteiger partial charge < -0.3 is 14.3 Å². The molecule has 0 amide bonds. The van der Waals surface area contributed by atoms with Crippen LogP contribution < -0.4 is 0 Å². The summed E-state index contributed by atoms with van der Waals surface area (Å²) in [6.07, 6.45) is 3.21. The number of hydrogen-bond donors (Lipinski definition) is 0. The molecule has 4 nitrogen and oxygen atoms in total. The predicted octanol–water partition coefficient (Wildman–Crippen LogP) is 2.20. The van der Waals surface area contributed by atoms with Crippen molar-refractivity contribution in [2.24, 2.45) is 11.1 Å². The molecule has 0 fully saturated rings. The van der Waals surface area contributed by atoms with Crippen molar-refractivity contribution in [3.8, 4) is 0 Å². The van der Waals surface area contributed by atoms with E-state index < -0.39 is 17.4 Å². The summed E-state index contributed by atoms with van der Waals surface area (Å²) >= 11 is 0. The Morgan fingerprint density at radius 1 is 1.32 bits per heavy atom. The fourth-order valence-electron chi connectivity index (χ4n) is 2.30. The Kier molecular flexibility index (Phi) is 2.74. The second-order valence-corrected chi connectivity index (χ2v) is 4.39. The minimum Gasteiger partial charge on any atom is -0.456 e. The molecule has 100 valence electrons. The molecule has 0 radical (unpaired) electrons. The van der Waals surface area contributed by atoms with E-state index >= 15 is 0 Å². The van der Waals surface area contributed by atoms with Crippen LogP contribution in [0, 0.1) is 17.6 Å². The van der Waals surface area contributed by atoms with Crippen LogP contribution in [-0.2, 0) is 14.3 Å². The Bertz CT molecular complexity index is 553. The summed E-state index contributed by atoms with van der Waals surface area (Å²) in [6, 6.07) is 3.23. The first-order valence-electron chi connectivity index (χ1n) is 5.70. The second-order valence-electron chi connectivity index (χ2n) is 4.39. The summed E-state index contributed by atoms with van der Waals surface area (Å²) in [5.74, 6) is -2.74. The maximum absolute atomic E-state index is 13.3. The Hall–Kier alpha value is -1.95. The molecule has 0 aliphatic carbocycles. The Morgan fingerprint density at radius 2 is 2.05 bits per heavy atom. The number of methoxy groups -OCH3 is 1. The molecule has 2 unspecified atom stereocenters. The van der Waals surface area contributed by atoms with E-state index in [0.29, 0.717) is 11.3 Å². The number of ether oxygens (including phenoxy) is 2. The minimum atomic E-state index is -1.06. The summed E-state index contributed by atoms with van der Waals surface area (Å²) in [4.78, 5) is 5.29. The number of hydrogen-bond acceptors (Lipinski definition) is 4. The topological polar surface area (TPSA) is 40.0 Å². The van der Waals surface area contributed by atoms with Crippen molar-refractivity contribution in [2.45, 2.75) is 5.79 Å². The fourth-order valence-corrected chi connectivity index (χ4v) is 2.30. The molecule has 19 heavy (non-hydrogen) atoms. The van der Waals surface area contributed by atoms with Gasteiger partial charge in [-0.2, -0.15) is 0 Å². The van der Waals surface area contributed by atoms with Crippen LogP contribution in [0.5, 0.6) is 0 Å². The summed E-state index contributed by atoms with van der Waals surface area (Å²) < 4.78 is 37.0. The third kappa shape index (κ3) is 1.88. The lowest BCUT2D eigenvalue weighted by atomic mass is 9.91. The number of oxime groups is 1. The molecule has 6 heteroatoms. The van der Waals surface area contributed by atoms with E-state index in [0.717, 1.165) is 6.07 Å². The molecule has 1 aromatic rings. The molecule has 0 N–H and O–H groups in total. The standard InChI is InChI=1S/C13H11F2NO3/c1-17-7-13-11(2-3-18-13)12(16-19-13)8-4-9(14)6-10(15)5-8/h2-6,11H,7H2,1H3. The van der Waals surface area contributed by atoms with E-state index in [9.17, 15) is 8.78 Å². The molecule has 2 aliphatic rings. The van der Waals surface area contributed by atoms with Gasteiger partial charge in [-0.15, -0.1) is 0 Å². The molecular weight excluding hydrogens is 256 g/mol. The number of nitrogens with zero attached hydrogens (tertiary/aromatic N) is 1. The summed E-state index contributed by atoms with van der Waals surface area (Å²) in [6.45, 7) is 0.162. The Labute approximate surface area is 108 Å². The predicted molar refractivity (Wildman–Crippen MR) is 62.3 cm³/mol. The molecule has 1 aromatic carbocycles. The van der Waals surface area contributed by atoms with E-state index in [1.807, 2.05) is 0 Å². The summed E-state index contributed by atoms with van der Waals surface area (Å²) in [5, 5.41) is 3.89. The van der Waals surface area contributed by atoms with Gasteiger partial charge in [0.15, 0.2) is 0 Å². The van der Waals surface area contributed by atoms with Crippen molar-refractivity contribution in [3.05, 3.63) is 47.7 Å². The number of benzene rings is 1. The van der Waals surface area contributed by atoms with Gasteiger partial charge in [0.1, 0.15) is 29.9 Å². The van der Waals surface area contributed by atoms with Crippen LogP contribution in [0.15, 0.2) is 35.7 Å². The molecular formula is C13H11F2NO3. The Balaban J connectivity index is 1.96. The lowest BCUT2D eigenvalue weighted by Gasteiger charge is -2.25. The molecule has 0 aromatic heterocycles. The van der Waals surface area contributed by atoms with Crippen molar-refractivity contribution >= 4 is 5.71 Å². The maximum Gasteiger partial charge on any atom is 0.309 e. The van der Waals surface area contributed by atoms with Gasteiger partial charge in [0, 0.05) is 18.7 Å². The van der Waals surface area contributed by atoms with E-state index in [1.165, 1.54) is 25.5 Å². The number of fused-ring (bicyclic) bond motifs is 1. The minimum absolute atomic E-state index is 0.162. The largest absolute Gasteiger partial charge is 0.456 e. The zero-order valence-electron chi connectivity index (χ0n) is 10.1. The average molecular weight is 267 g/mol. The summed E-state index contributed by atoms with van der Waals surface area (Å²) in [7, 11) is 1.51. The van der Waals surface area contributed by atoms with Crippen LogP contribution in [-0.4, -0.2) is 25.2 Å². The molecule has 2 aliphatic heterocycles. The lowest BCUT2D eigenvalue weighted by molar-refractivity contribution is -0.218. The van der Waals surface area contributed by atoms with Gasteiger partial charge in [0.25, 0.3) is 0 Å². The zero-order chi connectivity index (χ0) is 13.5. The third-order valence-corrected chi connectivity index (χ3v) is 3.11. The van der Waals surface area contributed by atoms with Crippen LogP contribution in [0.2, 0.25) is 0 Å². The van der Waals surface area contributed by atoms with E-state index in [-0.39, 0.29) is 12.5 Å². The van der Waals surface area contributed by atoms with Crippen LogP contribution in [0.1, 0.15) is 5.56 Å². The van der Waals surface area contributed by atoms with E-state index in [2.05, 4.69) is 5.16 Å². The molecule has 0 saturated heterocycles. The fraction of sp³-hybridized carbons (Fsp3) is 0.308. The molecule has 0 bridgehead atoms. The van der Waals surface area contributed by atoms with Crippen molar-refractivity contribution in [1.29, 1.82) is 0 Å². The number of halogens is 2. The van der Waals surface area contributed by atoms with Crippen LogP contribution in [0.3, 0.4) is 0 Å². The van der Waals surface area contributed by atoms with E-state index in [1.54, 1.807) is 6.08 Å². The SMILES string of the molecule is COCC12OC=CC1C(c1cc(F)cc(F)c1)=NO2. The smallest absolute Gasteiger partial charge is 0.309 e. The van der Waals surface area contributed by atoms with Gasteiger partial charge in [-0.1, -0.05) is 5.16 Å². The molecule has 0 spiro atoms. The van der Waals surface area contributed by atoms with Crippen LogP contribution >= 0.6 is 0 Å². The van der Waals surface area contributed by atoms with Gasteiger partial charge in [0.2, 0.25) is 0 Å². The van der Waals surface area contributed by atoms with Crippen molar-refractivity contribution < 1.29 is 23.1 Å². The summed E-state index contributed by atoms with van der Waals surface area (Å²) in [5.41, 5.74) is 0.750. The molecule has 3 rings (SSSR count). The third-order valence-electron chi connectivity index (χ3n) is 3.11. The highest BCUT2D eigenvalue weighted by Gasteiger charge is 2.53. The normalized spacial score (nSPS) is 27.7. The highest BCUT2D eigenvalue weighted by molar-refractivity contribution is 6.04. The first-order chi connectivity index (χ1) is 9.14. The van der Waals surface area contributed by atoms with Gasteiger partial charge in [-0.05, 0) is 18.2 Å². The van der Waals surface area contributed by atoms with Crippen LogP contribution in [0.4, 0.5) is 8.78 Å². The highest BCUT2D eigenvalue weighted by Crippen LogP contribution is 2.39.